The summed E-state index contributed by atoms with van der Waals surface area (Å²) in [7, 11) is -0.647. The maximum atomic E-state index is 12.4. The molecule has 0 radical (unpaired) electrons. The summed E-state index contributed by atoms with van der Waals surface area (Å²) in [6.45, 7) is 2.50. The number of hydrogen-bond acceptors (Lipinski definition) is 5. The van der Waals surface area contributed by atoms with E-state index >= 15 is 0 Å². The summed E-state index contributed by atoms with van der Waals surface area (Å²) in [6.07, 6.45) is 1.77. The Balaban J connectivity index is 2.18. The van der Waals surface area contributed by atoms with Crippen LogP contribution in [-0.2, 0) is 14.8 Å². The van der Waals surface area contributed by atoms with Crippen LogP contribution in [0.25, 0.3) is 0 Å². The third-order valence-electron chi connectivity index (χ3n) is 3.53. The third kappa shape index (κ3) is 3.66. The molecule has 6 nitrogen and oxygen atoms in total. The second-order valence-corrected chi connectivity index (χ2v) is 6.69. The summed E-state index contributed by atoms with van der Waals surface area (Å²) in [5.41, 5.74) is 0. The highest BCUT2D eigenvalue weighted by atomic mass is 32.2. The first-order valence-electron chi connectivity index (χ1n) is 6.84. The Morgan fingerprint density at radius 1 is 1.29 bits per heavy atom. The van der Waals surface area contributed by atoms with E-state index in [-0.39, 0.29) is 17.0 Å². The van der Waals surface area contributed by atoms with Gasteiger partial charge in [-0.05, 0) is 31.9 Å². The van der Waals surface area contributed by atoms with Crippen LogP contribution in [0.4, 0.5) is 0 Å². The summed E-state index contributed by atoms with van der Waals surface area (Å²) >= 11 is 0. The zero-order chi connectivity index (χ0) is 15.5. The Labute approximate surface area is 125 Å². The zero-order valence-corrected chi connectivity index (χ0v) is 13.3. The molecule has 1 heterocycles. The van der Waals surface area contributed by atoms with Gasteiger partial charge >= 0.3 is 0 Å². The standard InChI is InChI=1S/C14H21NO5S/c1-10(12-5-4-8-20-12)15-21(16,17)11-6-7-13(18-2)14(9-11)19-3/h6-7,9-10,12,15H,4-5,8H2,1-3H3. The number of rotatable bonds is 6. The van der Waals surface area contributed by atoms with Crippen LogP contribution in [0, 0.1) is 0 Å². The van der Waals surface area contributed by atoms with Gasteiger partial charge in [-0.15, -0.1) is 0 Å². The summed E-state index contributed by atoms with van der Waals surface area (Å²) < 4.78 is 43.2. The third-order valence-corrected chi connectivity index (χ3v) is 5.09. The molecule has 1 aliphatic heterocycles. The minimum Gasteiger partial charge on any atom is -0.493 e. The number of benzene rings is 1. The number of hydrogen-bond donors (Lipinski definition) is 1. The van der Waals surface area contributed by atoms with Crippen molar-refractivity contribution < 1.29 is 22.6 Å². The van der Waals surface area contributed by atoms with Crippen LogP contribution in [0.1, 0.15) is 19.8 Å². The van der Waals surface area contributed by atoms with Gasteiger partial charge in [0.1, 0.15) is 0 Å². The Bertz CT molecular complexity index is 581. The van der Waals surface area contributed by atoms with Crippen molar-refractivity contribution in [2.75, 3.05) is 20.8 Å². The molecule has 0 bridgehead atoms. The molecule has 2 unspecified atom stereocenters. The van der Waals surface area contributed by atoms with E-state index in [0.29, 0.717) is 18.1 Å². The molecule has 2 atom stereocenters. The fourth-order valence-corrected chi connectivity index (χ4v) is 3.66. The predicted molar refractivity (Wildman–Crippen MR) is 78.3 cm³/mol. The Hall–Kier alpha value is -1.31. The zero-order valence-electron chi connectivity index (χ0n) is 12.5. The molecule has 118 valence electrons. The van der Waals surface area contributed by atoms with Crippen LogP contribution >= 0.6 is 0 Å². The fourth-order valence-electron chi connectivity index (χ4n) is 2.37. The molecule has 1 aliphatic rings. The smallest absolute Gasteiger partial charge is 0.241 e. The molecule has 2 rings (SSSR count). The number of sulfonamides is 1. The molecular weight excluding hydrogens is 294 g/mol. The first kappa shape index (κ1) is 16.1. The highest BCUT2D eigenvalue weighted by molar-refractivity contribution is 7.89. The van der Waals surface area contributed by atoms with Gasteiger partial charge in [-0.3, -0.25) is 0 Å². The highest BCUT2D eigenvalue weighted by Gasteiger charge is 2.27. The van der Waals surface area contributed by atoms with Gasteiger partial charge in [0, 0.05) is 18.7 Å². The number of ether oxygens (including phenoxy) is 3. The molecule has 1 N–H and O–H groups in total. The maximum absolute atomic E-state index is 12.4. The first-order valence-corrected chi connectivity index (χ1v) is 8.32. The van der Waals surface area contributed by atoms with Crippen molar-refractivity contribution in [2.24, 2.45) is 0 Å². The van der Waals surface area contributed by atoms with Crippen LogP contribution in [0.15, 0.2) is 23.1 Å². The Morgan fingerprint density at radius 3 is 2.57 bits per heavy atom. The summed E-state index contributed by atoms with van der Waals surface area (Å²) in [5, 5.41) is 0. The van der Waals surface area contributed by atoms with E-state index in [1.807, 2.05) is 6.92 Å². The van der Waals surface area contributed by atoms with Gasteiger partial charge in [0.2, 0.25) is 10.0 Å². The molecule has 0 saturated carbocycles. The lowest BCUT2D eigenvalue weighted by Gasteiger charge is -2.20. The van der Waals surface area contributed by atoms with Crippen molar-refractivity contribution in [2.45, 2.75) is 36.8 Å². The van der Waals surface area contributed by atoms with Gasteiger partial charge in [0.25, 0.3) is 0 Å². The lowest BCUT2D eigenvalue weighted by atomic mass is 10.1. The maximum Gasteiger partial charge on any atom is 0.241 e. The van der Waals surface area contributed by atoms with E-state index in [2.05, 4.69) is 4.72 Å². The van der Waals surface area contributed by atoms with Gasteiger partial charge in [-0.25, -0.2) is 13.1 Å². The molecule has 0 aliphatic carbocycles. The van der Waals surface area contributed by atoms with E-state index in [4.69, 9.17) is 14.2 Å². The highest BCUT2D eigenvalue weighted by Crippen LogP contribution is 2.29. The van der Waals surface area contributed by atoms with Crippen LogP contribution in [0.3, 0.4) is 0 Å². The molecule has 0 aromatic heterocycles. The Kier molecular flexibility index (Phi) is 5.08. The Morgan fingerprint density at radius 2 is 2.00 bits per heavy atom. The minimum absolute atomic E-state index is 0.0695. The minimum atomic E-state index is -3.62. The molecule has 7 heteroatoms. The largest absolute Gasteiger partial charge is 0.493 e. The normalized spacial score (nSPS) is 20.2. The van der Waals surface area contributed by atoms with E-state index in [9.17, 15) is 8.42 Å². The van der Waals surface area contributed by atoms with Crippen LogP contribution in [0.2, 0.25) is 0 Å². The number of nitrogens with one attached hydrogen (secondary N) is 1. The van der Waals surface area contributed by atoms with E-state index in [0.717, 1.165) is 12.8 Å². The van der Waals surface area contributed by atoms with Gasteiger partial charge in [0.05, 0.1) is 25.2 Å². The monoisotopic (exact) mass is 315 g/mol. The van der Waals surface area contributed by atoms with E-state index in [1.165, 1.54) is 26.4 Å². The molecular formula is C14H21NO5S. The summed E-state index contributed by atoms with van der Waals surface area (Å²) in [5.74, 6) is 0.869. The molecule has 1 aromatic rings. The van der Waals surface area contributed by atoms with Crippen molar-refractivity contribution in [3.63, 3.8) is 0 Å². The van der Waals surface area contributed by atoms with Gasteiger partial charge in [0.15, 0.2) is 11.5 Å². The lowest BCUT2D eigenvalue weighted by Crippen LogP contribution is -2.40. The van der Waals surface area contributed by atoms with E-state index in [1.54, 1.807) is 6.07 Å². The molecule has 1 saturated heterocycles. The molecule has 21 heavy (non-hydrogen) atoms. The van der Waals surface area contributed by atoms with Gasteiger partial charge in [-0.2, -0.15) is 0 Å². The molecule has 1 aromatic carbocycles. The van der Waals surface area contributed by atoms with Crippen molar-refractivity contribution in [1.82, 2.24) is 4.72 Å². The predicted octanol–water partition coefficient (Wildman–Crippen LogP) is 1.55. The summed E-state index contributed by atoms with van der Waals surface area (Å²) in [6, 6.07) is 4.24. The average Bonchev–Trinajstić information content (AvgIpc) is 3.00. The molecule has 0 spiro atoms. The molecule has 0 amide bonds. The van der Waals surface area contributed by atoms with Crippen molar-refractivity contribution >= 4 is 10.0 Å². The van der Waals surface area contributed by atoms with Crippen molar-refractivity contribution in [3.05, 3.63) is 18.2 Å². The van der Waals surface area contributed by atoms with Crippen molar-refractivity contribution in [3.8, 4) is 11.5 Å². The second-order valence-electron chi connectivity index (χ2n) is 4.98. The van der Waals surface area contributed by atoms with E-state index < -0.39 is 10.0 Å². The first-order chi connectivity index (χ1) is 9.97. The van der Waals surface area contributed by atoms with Crippen LogP contribution in [-0.4, -0.2) is 41.4 Å². The van der Waals surface area contributed by atoms with Gasteiger partial charge in [-0.1, -0.05) is 0 Å². The summed E-state index contributed by atoms with van der Waals surface area (Å²) in [4.78, 5) is 0.144. The molecule has 1 fully saturated rings. The lowest BCUT2D eigenvalue weighted by molar-refractivity contribution is 0.0902. The quantitative estimate of drug-likeness (QED) is 0.862. The second kappa shape index (κ2) is 6.64. The topological polar surface area (TPSA) is 73.9 Å². The van der Waals surface area contributed by atoms with Gasteiger partial charge < -0.3 is 14.2 Å². The fraction of sp³-hybridized carbons (Fsp3) is 0.571. The van der Waals surface area contributed by atoms with Crippen molar-refractivity contribution in [1.29, 1.82) is 0 Å². The number of methoxy groups -OCH3 is 2. The van der Waals surface area contributed by atoms with Crippen LogP contribution in [0.5, 0.6) is 11.5 Å². The SMILES string of the molecule is COc1ccc(S(=O)(=O)NC(C)C2CCCO2)cc1OC. The average molecular weight is 315 g/mol. The van der Waals surface area contributed by atoms with Crippen LogP contribution < -0.4 is 14.2 Å².